The summed E-state index contributed by atoms with van der Waals surface area (Å²) in [5.74, 6) is 0.715. The molecule has 1 N–H and O–H groups in total. The van der Waals surface area contributed by atoms with Crippen LogP contribution in [0.3, 0.4) is 0 Å². The zero-order valence-electron chi connectivity index (χ0n) is 16.3. The number of benzene rings is 1. The van der Waals surface area contributed by atoms with E-state index in [0.717, 1.165) is 31.5 Å². The topological polar surface area (TPSA) is 70.5 Å². The largest absolute Gasteiger partial charge is 0.326 e. The number of carbonyl (C=O) groups excluding carboxylic acids is 2. The first-order chi connectivity index (χ1) is 13.6. The molecule has 2 aliphatic rings. The molecule has 7 nitrogen and oxygen atoms in total. The average molecular weight is 381 g/mol. The molecule has 0 radical (unpaired) electrons. The maximum Gasteiger partial charge on any atom is 0.318 e. The summed E-state index contributed by atoms with van der Waals surface area (Å²) < 4.78 is 1.69. The molecule has 1 saturated heterocycles. The van der Waals surface area contributed by atoms with Crippen LogP contribution in [0.15, 0.2) is 36.5 Å². The van der Waals surface area contributed by atoms with E-state index in [4.69, 9.17) is 0 Å². The van der Waals surface area contributed by atoms with Crippen molar-refractivity contribution >= 4 is 17.8 Å². The van der Waals surface area contributed by atoms with Crippen LogP contribution in [0.1, 0.15) is 30.4 Å². The Morgan fingerprint density at radius 2 is 1.86 bits per heavy atom. The summed E-state index contributed by atoms with van der Waals surface area (Å²) in [5.41, 5.74) is 2.70. The molecule has 4 rings (SSSR count). The van der Waals surface area contributed by atoms with Crippen molar-refractivity contribution in [3.8, 4) is 0 Å². The molecule has 0 aliphatic carbocycles. The molecule has 1 aromatic carbocycles. The van der Waals surface area contributed by atoms with Crippen LogP contribution in [0.5, 0.6) is 0 Å². The lowest BCUT2D eigenvalue weighted by Gasteiger charge is -2.34. The van der Waals surface area contributed by atoms with Crippen LogP contribution in [0.4, 0.5) is 10.6 Å². The molecule has 1 fully saturated rings. The predicted octanol–water partition coefficient (Wildman–Crippen LogP) is 2.12. The van der Waals surface area contributed by atoms with E-state index in [1.807, 2.05) is 18.0 Å². The molecule has 0 spiro atoms. The van der Waals surface area contributed by atoms with Crippen molar-refractivity contribution in [2.24, 2.45) is 7.05 Å². The number of nitrogens with one attached hydrogen (secondary N) is 1. The molecule has 7 heteroatoms. The maximum atomic E-state index is 12.9. The Labute approximate surface area is 165 Å². The van der Waals surface area contributed by atoms with Gasteiger partial charge in [0, 0.05) is 32.7 Å². The minimum absolute atomic E-state index is 0.0550. The fourth-order valence-corrected chi connectivity index (χ4v) is 4.18. The highest BCUT2D eigenvalue weighted by Gasteiger charge is 2.33. The van der Waals surface area contributed by atoms with Gasteiger partial charge >= 0.3 is 6.03 Å². The molecule has 1 atom stereocenters. The van der Waals surface area contributed by atoms with Crippen LogP contribution in [-0.2, 0) is 24.7 Å². The summed E-state index contributed by atoms with van der Waals surface area (Å²) >= 11 is 0. The molecular formula is C21H27N5O2. The third kappa shape index (κ3) is 3.74. The van der Waals surface area contributed by atoms with Crippen molar-refractivity contribution in [1.82, 2.24) is 20.0 Å². The van der Waals surface area contributed by atoms with Crippen molar-refractivity contribution in [3.63, 3.8) is 0 Å². The molecule has 3 heterocycles. The molecule has 1 unspecified atom stereocenters. The van der Waals surface area contributed by atoms with Crippen LogP contribution >= 0.6 is 0 Å². The Morgan fingerprint density at radius 1 is 1.07 bits per heavy atom. The number of amides is 3. The van der Waals surface area contributed by atoms with Gasteiger partial charge in [0.1, 0.15) is 11.9 Å². The Morgan fingerprint density at radius 3 is 2.61 bits per heavy atom. The van der Waals surface area contributed by atoms with E-state index < -0.39 is 6.04 Å². The monoisotopic (exact) mass is 381 g/mol. The first kappa shape index (κ1) is 18.5. The second kappa shape index (κ2) is 8.04. The van der Waals surface area contributed by atoms with Gasteiger partial charge in [0.15, 0.2) is 0 Å². The lowest BCUT2D eigenvalue weighted by molar-refractivity contribution is -0.121. The Balaban J connectivity index is 1.40. The number of nitrogens with zero attached hydrogens (tertiary/aromatic N) is 4. The zero-order valence-corrected chi connectivity index (χ0v) is 16.3. The van der Waals surface area contributed by atoms with E-state index in [0.29, 0.717) is 26.1 Å². The summed E-state index contributed by atoms with van der Waals surface area (Å²) in [6.45, 7) is 2.05. The number of rotatable bonds is 2. The second-order valence-corrected chi connectivity index (χ2v) is 7.56. The summed E-state index contributed by atoms with van der Waals surface area (Å²) in [6, 6.07) is 9.68. The molecule has 0 bridgehead atoms. The van der Waals surface area contributed by atoms with Crippen LogP contribution in [-0.4, -0.2) is 52.3 Å². The van der Waals surface area contributed by atoms with Crippen LogP contribution in [0.2, 0.25) is 0 Å². The minimum atomic E-state index is -0.478. The standard InChI is InChI=1S/C21H27N5O2/c1-24-19(10-12-22-24)26-14-5-9-18(20(26)27)23-21(28)25-13-4-8-16-6-2-3-7-17(16)11-15-25/h2-3,6-7,10,12,18H,4-5,8-9,11,13-15H2,1H3,(H,23,28). The van der Waals surface area contributed by atoms with Crippen molar-refractivity contribution in [3.05, 3.63) is 47.7 Å². The molecule has 2 aromatic rings. The van der Waals surface area contributed by atoms with Gasteiger partial charge in [-0.1, -0.05) is 24.3 Å². The number of urea groups is 1. The Hall–Kier alpha value is -2.83. The highest BCUT2D eigenvalue weighted by Crippen LogP contribution is 2.21. The summed E-state index contributed by atoms with van der Waals surface area (Å²) in [4.78, 5) is 29.4. The number of hydrogen-bond donors (Lipinski definition) is 1. The van der Waals surface area contributed by atoms with Gasteiger partial charge < -0.3 is 10.2 Å². The average Bonchev–Trinajstić information content (AvgIpc) is 3.10. The minimum Gasteiger partial charge on any atom is -0.326 e. The number of hydrogen-bond acceptors (Lipinski definition) is 3. The zero-order chi connectivity index (χ0) is 19.5. The van der Waals surface area contributed by atoms with Gasteiger partial charge in [-0.3, -0.25) is 14.4 Å². The van der Waals surface area contributed by atoms with Gasteiger partial charge in [0.25, 0.3) is 5.91 Å². The highest BCUT2D eigenvalue weighted by atomic mass is 16.2. The van der Waals surface area contributed by atoms with Crippen LogP contribution in [0.25, 0.3) is 0 Å². The first-order valence-corrected chi connectivity index (χ1v) is 10.0. The quantitative estimate of drug-likeness (QED) is 0.866. The van der Waals surface area contributed by atoms with E-state index in [-0.39, 0.29) is 11.9 Å². The molecule has 148 valence electrons. The molecular weight excluding hydrogens is 354 g/mol. The van der Waals surface area contributed by atoms with E-state index in [1.165, 1.54) is 11.1 Å². The lowest BCUT2D eigenvalue weighted by atomic mass is 9.98. The number of aryl methyl sites for hydroxylation is 2. The predicted molar refractivity (Wildman–Crippen MR) is 107 cm³/mol. The number of carbonyl (C=O) groups is 2. The summed E-state index contributed by atoms with van der Waals surface area (Å²) in [5, 5.41) is 7.14. The van der Waals surface area contributed by atoms with Crippen LogP contribution in [0, 0.1) is 0 Å². The summed E-state index contributed by atoms with van der Waals surface area (Å²) in [6.07, 6.45) is 5.98. The Bertz CT molecular complexity index is 862. The SMILES string of the molecule is Cn1nccc1N1CCCC(NC(=O)N2CCCc3ccccc3CC2)C1=O. The van der Waals surface area contributed by atoms with Gasteiger partial charge in [-0.25, -0.2) is 4.79 Å². The number of fused-ring (bicyclic) bond motifs is 1. The van der Waals surface area contributed by atoms with E-state index >= 15 is 0 Å². The smallest absolute Gasteiger partial charge is 0.318 e. The number of anilines is 1. The van der Waals surface area contributed by atoms with Crippen molar-refractivity contribution in [2.45, 2.75) is 38.1 Å². The van der Waals surface area contributed by atoms with Crippen LogP contribution < -0.4 is 10.2 Å². The Kier molecular flexibility index (Phi) is 5.32. The van der Waals surface area contributed by atoms with Crippen molar-refractivity contribution < 1.29 is 9.59 Å². The fourth-order valence-electron chi connectivity index (χ4n) is 4.18. The third-order valence-electron chi connectivity index (χ3n) is 5.74. The molecule has 3 amide bonds. The third-order valence-corrected chi connectivity index (χ3v) is 5.74. The second-order valence-electron chi connectivity index (χ2n) is 7.56. The molecule has 0 saturated carbocycles. The van der Waals surface area contributed by atoms with Gasteiger partial charge in [-0.2, -0.15) is 5.10 Å². The van der Waals surface area contributed by atoms with Gasteiger partial charge in [-0.05, 0) is 43.2 Å². The first-order valence-electron chi connectivity index (χ1n) is 10.0. The van der Waals surface area contributed by atoms with E-state index in [2.05, 4.69) is 34.7 Å². The fraction of sp³-hybridized carbons (Fsp3) is 0.476. The number of aromatic nitrogens is 2. The van der Waals surface area contributed by atoms with Gasteiger partial charge in [-0.15, -0.1) is 0 Å². The van der Waals surface area contributed by atoms with Crippen molar-refractivity contribution in [1.29, 1.82) is 0 Å². The molecule has 1 aromatic heterocycles. The van der Waals surface area contributed by atoms with Gasteiger partial charge in [0.05, 0.1) is 6.20 Å². The van der Waals surface area contributed by atoms with E-state index in [9.17, 15) is 9.59 Å². The van der Waals surface area contributed by atoms with Gasteiger partial charge in [0.2, 0.25) is 0 Å². The normalized spacial score (nSPS) is 20.3. The maximum absolute atomic E-state index is 12.9. The molecule has 2 aliphatic heterocycles. The summed E-state index contributed by atoms with van der Waals surface area (Å²) in [7, 11) is 1.82. The van der Waals surface area contributed by atoms with E-state index in [1.54, 1.807) is 15.8 Å². The molecule has 28 heavy (non-hydrogen) atoms. The van der Waals surface area contributed by atoms with Crippen molar-refractivity contribution in [2.75, 3.05) is 24.5 Å². The number of piperidine rings is 1. The lowest BCUT2D eigenvalue weighted by Crippen LogP contribution is -2.55. The highest BCUT2D eigenvalue weighted by molar-refractivity contribution is 5.99.